The van der Waals surface area contributed by atoms with Gasteiger partial charge in [0.2, 0.25) is 5.82 Å². The predicted molar refractivity (Wildman–Crippen MR) is 127 cm³/mol. The molecule has 0 saturated heterocycles. The maximum atomic E-state index is 13.0. The standard InChI is InChI=1S/C23H28BrN3O3Si/c1-31(2,3)12-11-29-16-27-15-19(14-25)26-22(27)23(28)30-21-10-9-18(24)13-20(21)17-7-5-4-6-8-17/h7,9-10,13,15H,4-6,8,11-12,16H2,1-3H3. The third kappa shape index (κ3) is 6.63. The van der Waals surface area contributed by atoms with Gasteiger partial charge >= 0.3 is 5.97 Å². The van der Waals surface area contributed by atoms with E-state index in [1.54, 1.807) is 10.6 Å². The Hall–Kier alpha value is -2.21. The van der Waals surface area contributed by atoms with Crippen molar-refractivity contribution in [1.29, 1.82) is 5.26 Å². The van der Waals surface area contributed by atoms with Crippen molar-refractivity contribution in [3.63, 3.8) is 0 Å². The Morgan fingerprint density at radius 3 is 2.81 bits per heavy atom. The fraction of sp³-hybridized carbons (Fsp3) is 0.435. The zero-order chi connectivity index (χ0) is 22.4. The van der Waals surface area contributed by atoms with Gasteiger partial charge in [-0.05, 0) is 55.5 Å². The number of esters is 1. The summed E-state index contributed by atoms with van der Waals surface area (Å²) < 4.78 is 14.0. The molecule has 0 bridgehead atoms. The SMILES string of the molecule is C[Si](C)(C)CCOCn1cc(C#N)nc1C(=O)Oc1ccc(Br)cc1C1=CCCCC1. The summed E-state index contributed by atoms with van der Waals surface area (Å²) in [6.07, 6.45) is 8.02. The average Bonchev–Trinajstić information content (AvgIpc) is 3.16. The molecule has 3 rings (SSSR count). The second-order valence-corrected chi connectivity index (χ2v) is 15.4. The van der Waals surface area contributed by atoms with Gasteiger partial charge in [-0.3, -0.25) is 0 Å². The van der Waals surface area contributed by atoms with Crippen molar-refractivity contribution in [3.8, 4) is 11.8 Å². The number of rotatable bonds is 8. The molecule has 2 aromatic rings. The largest absolute Gasteiger partial charge is 0.420 e. The molecule has 0 saturated carbocycles. The average molecular weight is 502 g/mol. The van der Waals surface area contributed by atoms with Gasteiger partial charge in [0.1, 0.15) is 18.5 Å². The number of allylic oxidation sites excluding steroid dienone is 2. The van der Waals surface area contributed by atoms with Crippen LogP contribution in [0.3, 0.4) is 0 Å². The van der Waals surface area contributed by atoms with Crippen LogP contribution in [-0.2, 0) is 11.5 Å². The monoisotopic (exact) mass is 501 g/mol. The van der Waals surface area contributed by atoms with E-state index in [1.165, 1.54) is 18.2 Å². The molecule has 1 aliphatic rings. The Morgan fingerprint density at radius 2 is 2.13 bits per heavy atom. The second-order valence-electron chi connectivity index (χ2n) is 8.88. The number of aromatic nitrogens is 2. The molecular formula is C23H28BrN3O3Si. The Morgan fingerprint density at radius 1 is 1.32 bits per heavy atom. The van der Waals surface area contributed by atoms with Crippen LogP contribution in [-0.4, -0.2) is 30.2 Å². The molecule has 1 heterocycles. The summed E-state index contributed by atoms with van der Waals surface area (Å²) in [6, 6.07) is 8.62. The topological polar surface area (TPSA) is 77.1 Å². The molecule has 1 aromatic heterocycles. The first-order valence-corrected chi connectivity index (χ1v) is 15.0. The van der Waals surface area contributed by atoms with Crippen LogP contribution in [0.25, 0.3) is 5.57 Å². The van der Waals surface area contributed by atoms with Gasteiger partial charge in [-0.1, -0.05) is 41.6 Å². The lowest BCUT2D eigenvalue weighted by molar-refractivity contribution is 0.0644. The molecule has 0 aliphatic heterocycles. The van der Waals surface area contributed by atoms with Crippen LogP contribution in [0, 0.1) is 11.3 Å². The lowest BCUT2D eigenvalue weighted by Crippen LogP contribution is -2.22. The fourth-order valence-electron chi connectivity index (χ4n) is 3.34. The zero-order valence-electron chi connectivity index (χ0n) is 18.3. The predicted octanol–water partition coefficient (Wildman–Crippen LogP) is 6.01. The molecule has 6 nitrogen and oxygen atoms in total. The molecule has 0 spiro atoms. The number of nitriles is 1. The summed E-state index contributed by atoms with van der Waals surface area (Å²) in [5, 5.41) is 9.24. The molecule has 1 aromatic carbocycles. The van der Waals surface area contributed by atoms with Crippen molar-refractivity contribution in [3.05, 3.63) is 52.0 Å². The summed E-state index contributed by atoms with van der Waals surface area (Å²) in [5.74, 6) is -0.0413. The van der Waals surface area contributed by atoms with Gasteiger partial charge in [0.05, 0.1) is 0 Å². The molecule has 0 unspecified atom stereocenters. The third-order valence-electron chi connectivity index (χ3n) is 5.08. The number of carbonyl (C=O) groups excluding carboxylic acids is 1. The van der Waals surface area contributed by atoms with Gasteiger partial charge in [-0.2, -0.15) is 5.26 Å². The minimum absolute atomic E-state index is 0.0658. The van der Waals surface area contributed by atoms with Crippen molar-refractivity contribution in [1.82, 2.24) is 9.55 Å². The number of hydrogen-bond acceptors (Lipinski definition) is 5. The summed E-state index contributed by atoms with van der Waals surface area (Å²) in [4.78, 5) is 17.1. The number of hydrogen-bond donors (Lipinski definition) is 0. The van der Waals surface area contributed by atoms with Crippen molar-refractivity contribution >= 4 is 35.5 Å². The lowest BCUT2D eigenvalue weighted by atomic mass is 9.93. The zero-order valence-corrected chi connectivity index (χ0v) is 20.9. The molecule has 0 amide bonds. The van der Waals surface area contributed by atoms with Gasteiger partial charge in [-0.15, -0.1) is 0 Å². The van der Waals surface area contributed by atoms with Gasteiger partial charge in [0.25, 0.3) is 0 Å². The second kappa shape index (κ2) is 10.4. The third-order valence-corrected chi connectivity index (χ3v) is 7.28. The van der Waals surface area contributed by atoms with E-state index in [9.17, 15) is 10.1 Å². The number of nitrogens with zero attached hydrogens (tertiary/aromatic N) is 3. The van der Waals surface area contributed by atoms with Gasteiger partial charge < -0.3 is 14.0 Å². The molecule has 0 fully saturated rings. The van der Waals surface area contributed by atoms with Crippen molar-refractivity contribution in [2.45, 2.75) is 58.1 Å². The van der Waals surface area contributed by atoms with Crippen LogP contribution < -0.4 is 4.74 Å². The van der Waals surface area contributed by atoms with E-state index < -0.39 is 14.0 Å². The van der Waals surface area contributed by atoms with Crippen molar-refractivity contribution in [2.75, 3.05) is 6.61 Å². The Labute approximate surface area is 193 Å². The van der Waals surface area contributed by atoms with E-state index in [1.807, 2.05) is 18.2 Å². The van der Waals surface area contributed by atoms with Crippen LogP contribution in [0.5, 0.6) is 5.75 Å². The molecule has 164 valence electrons. The van der Waals surface area contributed by atoms with Crippen LogP contribution in [0.15, 0.2) is 34.9 Å². The van der Waals surface area contributed by atoms with Gasteiger partial charge in [0.15, 0.2) is 5.69 Å². The highest BCUT2D eigenvalue weighted by atomic mass is 79.9. The lowest BCUT2D eigenvalue weighted by Gasteiger charge is -2.17. The summed E-state index contributed by atoms with van der Waals surface area (Å²) in [5.41, 5.74) is 2.25. The number of imidazole rings is 1. The molecule has 0 atom stereocenters. The molecule has 31 heavy (non-hydrogen) atoms. The van der Waals surface area contributed by atoms with Crippen LogP contribution in [0.4, 0.5) is 0 Å². The fourth-order valence-corrected chi connectivity index (χ4v) is 4.46. The van der Waals surface area contributed by atoms with E-state index >= 15 is 0 Å². The highest BCUT2D eigenvalue weighted by Crippen LogP contribution is 2.35. The Balaban J connectivity index is 1.78. The number of ether oxygens (including phenoxy) is 2. The highest BCUT2D eigenvalue weighted by molar-refractivity contribution is 9.10. The molecule has 0 N–H and O–H groups in total. The minimum Gasteiger partial charge on any atom is -0.420 e. The number of halogens is 1. The molecular weight excluding hydrogens is 474 g/mol. The smallest absolute Gasteiger partial charge is 0.380 e. The van der Waals surface area contributed by atoms with Crippen LogP contribution in [0.1, 0.15) is 47.6 Å². The number of benzene rings is 1. The maximum absolute atomic E-state index is 13.0. The quantitative estimate of drug-likeness (QED) is 0.191. The van der Waals surface area contributed by atoms with E-state index in [2.05, 4.69) is 46.6 Å². The summed E-state index contributed by atoms with van der Waals surface area (Å²) in [7, 11) is -1.21. The van der Waals surface area contributed by atoms with E-state index in [0.717, 1.165) is 35.3 Å². The maximum Gasteiger partial charge on any atom is 0.380 e. The first-order chi connectivity index (χ1) is 14.8. The first kappa shape index (κ1) is 23.5. The van der Waals surface area contributed by atoms with Crippen LogP contribution in [0.2, 0.25) is 25.7 Å². The van der Waals surface area contributed by atoms with E-state index in [0.29, 0.717) is 12.4 Å². The van der Waals surface area contributed by atoms with Crippen molar-refractivity contribution in [2.24, 2.45) is 0 Å². The minimum atomic E-state index is -1.21. The van der Waals surface area contributed by atoms with Crippen molar-refractivity contribution < 1.29 is 14.3 Å². The molecule has 0 radical (unpaired) electrons. The van der Waals surface area contributed by atoms with E-state index in [4.69, 9.17) is 9.47 Å². The van der Waals surface area contributed by atoms with E-state index in [-0.39, 0.29) is 18.2 Å². The Kier molecular flexibility index (Phi) is 7.87. The first-order valence-electron chi connectivity index (χ1n) is 10.5. The normalized spacial score (nSPS) is 14.1. The van der Waals surface area contributed by atoms with Crippen LogP contribution >= 0.6 is 15.9 Å². The highest BCUT2D eigenvalue weighted by Gasteiger charge is 2.21. The number of carbonyl (C=O) groups is 1. The van der Waals surface area contributed by atoms with Gasteiger partial charge in [-0.25, -0.2) is 9.78 Å². The summed E-state index contributed by atoms with van der Waals surface area (Å²) in [6.45, 7) is 7.60. The molecule has 1 aliphatic carbocycles. The van der Waals surface area contributed by atoms with Gasteiger partial charge in [0, 0.05) is 30.9 Å². The molecule has 8 heteroatoms. The summed E-state index contributed by atoms with van der Waals surface area (Å²) >= 11 is 3.51. The Bertz CT molecular complexity index is 1020.